The minimum absolute atomic E-state index is 0.766. The average molecular weight is 214 g/mol. The van der Waals surface area contributed by atoms with Gasteiger partial charge in [-0.15, -0.1) is 6.58 Å². The number of aryl methyl sites for hydroxylation is 2. The van der Waals surface area contributed by atoms with Crippen LogP contribution in [0.15, 0.2) is 30.9 Å². The van der Waals surface area contributed by atoms with E-state index in [1.165, 1.54) is 36.8 Å². The summed E-state index contributed by atoms with van der Waals surface area (Å²) in [5.74, 6) is 1.55. The van der Waals surface area contributed by atoms with Crippen LogP contribution in [0.3, 0.4) is 0 Å². The molecule has 16 heavy (non-hydrogen) atoms. The van der Waals surface area contributed by atoms with Crippen molar-refractivity contribution in [1.82, 2.24) is 0 Å². The highest BCUT2D eigenvalue weighted by molar-refractivity contribution is 5.31. The minimum atomic E-state index is 0.766. The molecule has 0 radical (unpaired) electrons. The van der Waals surface area contributed by atoms with Gasteiger partial charge in [0.2, 0.25) is 0 Å². The largest absolute Gasteiger partial charge is 0.103 e. The molecule has 1 aromatic rings. The second-order valence-corrected chi connectivity index (χ2v) is 5.27. The first-order chi connectivity index (χ1) is 7.69. The highest BCUT2D eigenvalue weighted by atomic mass is 14.3. The molecular weight excluding hydrogens is 192 g/mol. The van der Waals surface area contributed by atoms with E-state index in [-0.39, 0.29) is 0 Å². The molecule has 0 atom stereocenters. The third kappa shape index (κ3) is 2.55. The quantitative estimate of drug-likeness (QED) is 0.622. The predicted octanol–water partition coefficient (Wildman–Crippen LogP) is 4.76. The highest BCUT2D eigenvalue weighted by Crippen LogP contribution is 2.36. The lowest BCUT2D eigenvalue weighted by Crippen LogP contribution is -2.11. The zero-order valence-corrected chi connectivity index (χ0v) is 10.5. The van der Waals surface area contributed by atoms with Gasteiger partial charge in [-0.25, -0.2) is 0 Å². The Labute approximate surface area is 99.4 Å². The lowest BCUT2D eigenvalue weighted by atomic mass is 9.78. The van der Waals surface area contributed by atoms with E-state index in [1.54, 1.807) is 5.56 Å². The standard InChI is InChI=1S/C16H22/c1-4-14-5-7-15(8-6-14)16-10-12(2)9-13(3)11-16/h4,9-11,14-15H,1,5-8H2,2-3H3. The Morgan fingerprint density at radius 1 is 1.00 bits per heavy atom. The van der Waals surface area contributed by atoms with Gasteiger partial charge in [0.05, 0.1) is 0 Å². The number of hydrogen-bond acceptors (Lipinski definition) is 0. The molecule has 1 saturated carbocycles. The van der Waals surface area contributed by atoms with Crippen LogP contribution in [0.2, 0.25) is 0 Å². The van der Waals surface area contributed by atoms with Crippen molar-refractivity contribution in [3.8, 4) is 0 Å². The van der Waals surface area contributed by atoms with Crippen molar-refractivity contribution in [2.45, 2.75) is 45.4 Å². The molecule has 0 spiro atoms. The summed E-state index contributed by atoms with van der Waals surface area (Å²) in [5.41, 5.74) is 4.36. The van der Waals surface area contributed by atoms with Crippen molar-refractivity contribution in [2.75, 3.05) is 0 Å². The van der Waals surface area contributed by atoms with Gasteiger partial charge in [0.1, 0.15) is 0 Å². The summed E-state index contributed by atoms with van der Waals surface area (Å²) in [6.07, 6.45) is 7.44. The van der Waals surface area contributed by atoms with Gasteiger partial charge in [-0.3, -0.25) is 0 Å². The summed E-state index contributed by atoms with van der Waals surface area (Å²) in [6, 6.07) is 7.00. The maximum atomic E-state index is 3.91. The van der Waals surface area contributed by atoms with Gasteiger partial charge in [-0.1, -0.05) is 35.4 Å². The molecule has 0 heterocycles. The number of rotatable bonds is 2. The normalized spacial score (nSPS) is 25.4. The summed E-state index contributed by atoms with van der Waals surface area (Å²) in [4.78, 5) is 0. The smallest absolute Gasteiger partial charge is 0.0161 e. The SMILES string of the molecule is C=CC1CCC(c2cc(C)cc(C)c2)CC1. The maximum Gasteiger partial charge on any atom is -0.0161 e. The summed E-state index contributed by atoms with van der Waals surface area (Å²) < 4.78 is 0. The molecule has 0 bridgehead atoms. The van der Waals surface area contributed by atoms with E-state index in [9.17, 15) is 0 Å². The van der Waals surface area contributed by atoms with Crippen LogP contribution in [0.4, 0.5) is 0 Å². The molecule has 0 nitrogen and oxygen atoms in total. The van der Waals surface area contributed by atoms with Gasteiger partial charge in [0.15, 0.2) is 0 Å². The number of hydrogen-bond donors (Lipinski definition) is 0. The van der Waals surface area contributed by atoms with E-state index in [4.69, 9.17) is 0 Å². The fourth-order valence-electron chi connectivity index (χ4n) is 2.93. The second kappa shape index (κ2) is 4.86. The molecule has 0 unspecified atom stereocenters. The molecule has 0 N–H and O–H groups in total. The van der Waals surface area contributed by atoms with E-state index in [2.05, 4.69) is 44.7 Å². The van der Waals surface area contributed by atoms with E-state index in [0.717, 1.165) is 11.8 Å². The van der Waals surface area contributed by atoms with Gasteiger partial charge in [-0.05, 0) is 56.9 Å². The number of allylic oxidation sites excluding steroid dienone is 1. The first kappa shape index (κ1) is 11.4. The zero-order valence-electron chi connectivity index (χ0n) is 10.5. The molecular formula is C16H22. The second-order valence-electron chi connectivity index (χ2n) is 5.27. The molecule has 0 saturated heterocycles. The van der Waals surface area contributed by atoms with E-state index >= 15 is 0 Å². The Balaban J connectivity index is 2.10. The van der Waals surface area contributed by atoms with Crippen LogP contribution in [0.25, 0.3) is 0 Å². The van der Waals surface area contributed by atoms with Crippen molar-refractivity contribution in [1.29, 1.82) is 0 Å². The first-order valence-electron chi connectivity index (χ1n) is 6.40. The Bertz CT molecular complexity index is 347. The van der Waals surface area contributed by atoms with Crippen LogP contribution in [-0.4, -0.2) is 0 Å². The van der Waals surface area contributed by atoms with E-state index in [0.29, 0.717) is 0 Å². The lowest BCUT2D eigenvalue weighted by molar-refractivity contribution is 0.376. The Morgan fingerprint density at radius 2 is 1.56 bits per heavy atom. The van der Waals surface area contributed by atoms with Crippen LogP contribution in [0.5, 0.6) is 0 Å². The van der Waals surface area contributed by atoms with Crippen molar-refractivity contribution in [2.24, 2.45) is 5.92 Å². The fourth-order valence-corrected chi connectivity index (χ4v) is 2.93. The highest BCUT2D eigenvalue weighted by Gasteiger charge is 2.20. The summed E-state index contributed by atoms with van der Waals surface area (Å²) >= 11 is 0. The van der Waals surface area contributed by atoms with Crippen molar-refractivity contribution in [3.05, 3.63) is 47.5 Å². The van der Waals surface area contributed by atoms with Gasteiger partial charge in [0, 0.05) is 0 Å². The molecule has 1 aromatic carbocycles. The predicted molar refractivity (Wildman–Crippen MR) is 70.8 cm³/mol. The Kier molecular flexibility index (Phi) is 3.48. The maximum absolute atomic E-state index is 3.91. The minimum Gasteiger partial charge on any atom is -0.103 e. The van der Waals surface area contributed by atoms with Crippen LogP contribution in [0, 0.1) is 19.8 Å². The van der Waals surface area contributed by atoms with Gasteiger partial charge >= 0.3 is 0 Å². The molecule has 0 heteroatoms. The van der Waals surface area contributed by atoms with Gasteiger partial charge in [0.25, 0.3) is 0 Å². The summed E-state index contributed by atoms with van der Waals surface area (Å²) in [6.45, 7) is 8.31. The number of benzene rings is 1. The van der Waals surface area contributed by atoms with Gasteiger partial charge < -0.3 is 0 Å². The van der Waals surface area contributed by atoms with Crippen molar-refractivity contribution < 1.29 is 0 Å². The van der Waals surface area contributed by atoms with Crippen molar-refractivity contribution in [3.63, 3.8) is 0 Å². The molecule has 1 aliphatic carbocycles. The lowest BCUT2D eigenvalue weighted by Gasteiger charge is -2.27. The van der Waals surface area contributed by atoms with Gasteiger partial charge in [-0.2, -0.15) is 0 Å². The zero-order chi connectivity index (χ0) is 11.5. The Morgan fingerprint density at radius 3 is 2.06 bits per heavy atom. The van der Waals surface area contributed by atoms with E-state index in [1.807, 2.05) is 0 Å². The molecule has 2 rings (SSSR count). The van der Waals surface area contributed by atoms with Crippen LogP contribution in [-0.2, 0) is 0 Å². The Hall–Kier alpha value is -1.04. The molecule has 1 fully saturated rings. The van der Waals surface area contributed by atoms with Crippen molar-refractivity contribution >= 4 is 0 Å². The molecule has 0 aliphatic heterocycles. The first-order valence-corrected chi connectivity index (χ1v) is 6.40. The van der Waals surface area contributed by atoms with Crippen LogP contribution in [0.1, 0.15) is 48.3 Å². The third-order valence-electron chi connectivity index (χ3n) is 3.82. The monoisotopic (exact) mass is 214 g/mol. The third-order valence-corrected chi connectivity index (χ3v) is 3.82. The summed E-state index contributed by atoms with van der Waals surface area (Å²) in [7, 11) is 0. The molecule has 0 amide bonds. The summed E-state index contributed by atoms with van der Waals surface area (Å²) in [5, 5.41) is 0. The molecule has 86 valence electrons. The molecule has 1 aliphatic rings. The topological polar surface area (TPSA) is 0 Å². The van der Waals surface area contributed by atoms with Crippen LogP contribution >= 0.6 is 0 Å². The van der Waals surface area contributed by atoms with Crippen LogP contribution < -0.4 is 0 Å². The fraction of sp³-hybridized carbons (Fsp3) is 0.500. The van der Waals surface area contributed by atoms with E-state index < -0.39 is 0 Å². The average Bonchev–Trinajstić information content (AvgIpc) is 2.28. The molecule has 0 aromatic heterocycles.